The number of hydrogen-bond donors (Lipinski definition) is 13. The first kappa shape index (κ1) is 33.5. The van der Waals surface area contributed by atoms with Gasteiger partial charge < -0.3 is 89.7 Å². The van der Waals surface area contributed by atoms with Gasteiger partial charge in [0.25, 0.3) is 0 Å². The zero-order chi connectivity index (χ0) is 33.9. The summed E-state index contributed by atoms with van der Waals surface area (Å²) in [6, 6.07) is 4.46. The number of fused-ring (bicyclic) bond motifs is 1. The third kappa shape index (κ3) is 5.57. The van der Waals surface area contributed by atoms with Crippen LogP contribution in [-0.2, 0) is 9.47 Å². The molecule has 252 valence electrons. The maximum absolute atomic E-state index is 13.6. The second-order valence-corrected chi connectivity index (χ2v) is 10.6. The summed E-state index contributed by atoms with van der Waals surface area (Å²) < 4.78 is 26.2. The minimum absolute atomic E-state index is 0.296. The van der Waals surface area contributed by atoms with Gasteiger partial charge >= 0.3 is 11.9 Å². The minimum Gasteiger partial charge on any atom is -0.508 e. The van der Waals surface area contributed by atoms with Crippen LogP contribution in [0, 0.1) is 0 Å². The van der Waals surface area contributed by atoms with Gasteiger partial charge in [-0.3, -0.25) is 4.79 Å². The number of phenols is 3. The molecular formula is C27H30O19. The van der Waals surface area contributed by atoms with E-state index in [1.807, 2.05) is 0 Å². The Morgan fingerprint density at radius 2 is 1.26 bits per heavy atom. The molecule has 19 heteroatoms. The zero-order valence-electron chi connectivity index (χ0n) is 23.2. The molecule has 2 aromatic carbocycles. The average Bonchev–Trinajstić information content (AvgIpc) is 3.01. The minimum atomic E-state index is -3.34. The van der Waals surface area contributed by atoms with E-state index in [9.17, 15) is 71.2 Å². The fraction of sp³-hybridized carbons (Fsp3) is 0.444. The first-order chi connectivity index (χ1) is 21.5. The summed E-state index contributed by atoms with van der Waals surface area (Å²) in [6.07, 6.45) is -16.1. The predicted octanol–water partition coefficient (Wildman–Crippen LogP) is -4.43. The van der Waals surface area contributed by atoms with Crippen LogP contribution in [0.4, 0.5) is 0 Å². The van der Waals surface area contributed by atoms with E-state index in [0.717, 1.165) is 30.3 Å². The van der Waals surface area contributed by atoms with E-state index in [4.69, 9.17) is 23.4 Å². The summed E-state index contributed by atoms with van der Waals surface area (Å²) in [5.74, 6) is -11.1. The standard InChI is InChI=1S/C27H30O19/c28-6-14-17(33)20(36)24(38)26(40,44-14)43-12-2-1-8(3-10(12)31)22-23(19(35)16-11(32)4-9(30)5-13(16)42-22)46-27(41)25(39)21(37)18(34)15(7-29)45-27/h1-5,14-15,17-18,20-21,24-25,28-34,36-41H,6-7H2/t14-,15+,17-,18+,20+,21-,24-,25+,26?,27?/m1/s1. The highest BCUT2D eigenvalue weighted by molar-refractivity contribution is 5.88. The van der Waals surface area contributed by atoms with E-state index in [0.29, 0.717) is 0 Å². The number of aliphatic hydroxyl groups is 10. The van der Waals surface area contributed by atoms with Crippen LogP contribution >= 0.6 is 0 Å². The van der Waals surface area contributed by atoms with Gasteiger partial charge in [-0.2, -0.15) is 0 Å². The highest BCUT2D eigenvalue weighted by atomic mass is 16.8. The molecule has 5 rings (SSSR count). The molecule has 0 bridgehead atoms. The van der Waals surface area contributed by atoms with E-state index in [-0.39, 0.29) is 5.56 Å². The van der Waals surface area contributed by atoms with Crippen molar-refractivity contribution in [3.05, 3.63) is 40.6 Å². The first-order valence-electron chi connectivity index (χ1n) is 13.4. The highest BCUT2D eigenvalue weighted by Gasteiger charge is 2.57. The normalized spacial score (nSPS) is 34.8. The maximum Gasteiger partial charge on any atom is 0.355 e. The lowest BCUT2D eigenvalue weighted by atomic mass is 9.97. The van der Waals surface area contributed by atoms with Gasteiger partial charge in [-0.1, -0.05) is 0 Å². The number of rotatable bonds is 7. The third-order valence-electron chi connectivity index (χ3n) is 7.50. The van der Waals surface area contributed by atoms with Gasteiger partial charge in [0.05, 0.1) is 13.2 Å². The molecule has 3 heterocycles. The van der Waals surface area contributed by atoms with Crippen LogP contribution in [0.1, 0.15) is 0 Å². The van der Waals surface area contributed by atoms with Crippen LogP contribution in [0.25, 0.3) is 22.3 Å². The average molecular weight is 659 g/mol. The van der Waals surface area contributed by atoms with Gasteiger partial charge in [-0.25, -0.2) is 0 Å². The Morgan fingerprint density at radius 3 is 1.78 bits per heavy atom. The van der Waals surface area contributed by atoms with E-state index >= 15 is 0 Å². The van der Waals surface area contributed by atoms with Crippen LogP contribution in [0.3, 0.4) is 0 Å². The Hall–Kier alpha value is -3.83. The van der Waals surface area contributed by atoms with Crippen molar-refractivity contribution in [3.63, 3.8) is 0 Å². The summed E-state index contributed by atoms with van der Waals surface area (Å²) in [6.45, 7) is -1.92. The van der Waals surface area contributed by atoms with Crippen LogP contribution < -0.4 is 14.9 Å². The molecule has 0 radical (unpaired) electrons. The van der Waals surface area contributed by atoms with E-state index in [1.165, 1.54) is 0 Å². The molecule has 0 amide bonds. The Balaban J connectivity index is 1.60. The molecule has 0 aliphatic carbocycles. The third-order valence-corrected chi connectivity index (χ3v) is 7.50. The van der Waals surface area contributed by atoms with Crippen molar-refractivity contribution in [1.82, 2.24) is 0 Å². The van der Waals surface area contributed by atoms with Crippen molar-refractivity contribution in [3.8, 4) is 40.1 Å². The topological polar surface area (TPSA) is 330 Å². The first-order valence-corrected chi connectivity index (χ1v) is 13.4. The van der Waals surface area contributed by atoms with Gasteiger partial charge in [0, 0.05) is 17.7 Å². The van der Waals surface area contributed by atoms with Gasteiger partial charge in [0.15, 0.2) is 29.5 Å². The molecule has 2 aliphatic heterocycles. The van der Waals surface area contributed by atoms with Crippen LogP contribution in [0.15, 0.2) is 39.5 Å². The monoisotopic (exact) mass is 658 g/mol. The fourth-order valence-electron chi connectivity index (χ4n) is 5.02. The van der Waals surface area contributed by atoms with Crippen LogP contribution in [-0.4, -0.2) is 140 Å². The molecule has 46 heavy (non-hydrogen) atoms. The number of phenolic OH excluding ortho intramolecular Hbond substituents is 3. The number of aliphatic hydroxyl groups excluding tert-OH is 8. The molecule has 0 spiro atoms. The largest absolute Gasteiger partial charge is 0.508 e. The second-order valence-electron chi connectivity index (χ2n) is 10.6. The second kappa shape index (κ2) is 12.1. The lowest BCUT2D eigenvalue weighted by Crippen LogP contribution is -2.67. The van der Waals surface area contributed by atoms with Crippen molar-refractivity contribution in [2.24, 2.45) is 0 Å². The summed E-state index contributed by atoms with van der Waals surface area (Å²) >= 11 is 0. The molecule has 2 unspecified atom stereocenters. The van der Waals surface area contributed by atoms with Gasteiger partial charge in [-0.05, 0) is 18.2 Å². The molecular weight excluding hydrogens is 628 g/mol. The Morgan fingerprint density at radius 1 is 0.717 bits per heavy atom. The molecule has 10 atom stereocenters. The van der Waals surface area contributed by atoms with Crippen molar-refractivity contribution in [2.75, 3.05) is 13.2 Å². The Bertz CT molecular complexity index is 1660. The Labute approximate surface area is 255 Å². The van der Waals surface area contributed by atoms with E-state index in [2.05, 4.69) is 0 Å². The van der Waals surface area contributed by atoms with Gasteiger partial charge in [-0.15, -0.1) is 0 Å². The van der Waals surface area contributed by atoms with E-state index in [1.54, 1.807) is 0 Å². The molecule has 1 aromatic heterocycles. The highest BCUT2D eigenvalue weighted by Crippen LogP contribution is 2.42. The van der Waals surface area contributed by atoms with Crippen molar-refractivity contribution < 1.29 is 89.7 Å². The number of benzene rings is 2. The Kier molecular flexibility index (Phi) is 8.80. The summed E-state index contributed by atoms with van der Waals surface area (Å²) in [4.78, 5) is 13.6. The van der Waals surface area contributed by atoms with Gasteiger partial charge in [0.2, 0.25) is 11.2 Å². The molecule has 2 fully saturated rings. The molecule has 0 saturated carbocycles. The summed E-state index contributed by atoms with van der Waals surface area (Å²) in [5, 5.41) is 132. The van der Waals surface area contributed by atoms with Crippen molar-refractivity contribution >= 4 is 11.0 Å². The number of hydrogen-bond acceptors (Lipinski definition) is 19. The molecule has 19 nitrogen and oxygen atoms in total. The molecule has 3 aromatic rings. The SMILES string of the molecule is O=c1c(OC2(O)O[C@@H](CO)[C@H](O)[C@@H](O)[C@@H]2O)c(-c2ccc(OC3(O)O[C@H](CO)[C@@H](O)[C@H](O)[C@H]3O)c(O)c2)oc2cc(O)cc(O)c12. The van der Waals surface area contributed by atoms with Crippen molar-refractivity contribution in [2.45, 2.75) is 60.8 Å². The lowest BCUT2D eigenvalue weighted by molar-refractivity contribution is -0.422. The smallest absolute Gasteiger partial charge is 0.355 e. The fourth-order valence-corrected chi connectivity index (χ4v) is 5.02. The zero-order valence-corrected chi connectivity index (χ0v) is 23.2. The van der Waals surface area contributed by atoms with Crippen molar-refractivity contribution in [1.29, 1.82) is 0 Å². The molecule has 2 aliphatic rings. The quantitative estimate of drug-likeness (QED) is 0.106. The number of aromatic hydroxyl groups is 3. The summed E-state index contributed by atoms with van der Waals surface area (Å²) in [5.41, 5.74) is -2.01. The lowest BCUT2D eigenvalue weighted by Gasteiger charge is -2.44. The maximum atomic E-state index is 13.6. The van der Waals surface area contributed by atoms with Gasteiger partial charge in [0.1, 0.15) is 59.1 Å². The molecule has 13 N–H and O–H groups in total. The molecule has 2 saturated heterocycles. The summed E-state index contributed by atoms with van der Waals surface area (Å²) in [7, 11) is 0. The van der Waals surface area contributed by atoms with Crippen LogP contribution in [0.2, 0.25) is 0 Å². The number of ether oxygens (including phenoxy) is 4. The predicted molar refractivity (Wildman–Crippen MR) is 144 cm³/mol. The van der Waals surface area contributed by atoms with Crippen LogP contribution in [0.5, 0.6) is 28.7 Å². The van der Waals surface area contributed by atoms with E-state index < -0.39 is 125 Å².